The fraction of sp³-hybridized carbons (Fsp3) is 0.188. The maximum Gasteiger partial charge on any atom is 0.416 e. The van der Waals surface area contributed by atoms with Crippen LogP contribution in [0.1, 0.15) is 22.3 Å². The van der Waals surface area contributed by atoms with Gasteiger partial charge in [0.05, 0.1) is 16.8 Å². The summed E-state index contributed by atoms with van der Waals surface area (Å²) in [5, 5.41) is 12.0. The van der Waals surface area contributed by atoms with E-state index in [4.69, 9.17) is 5.26 Å². The van der Waals surface area contributed by atoms with E-state index in [1.807, 2.05) is 13.0 Å². The molecular formula is C16H13F3N2. The lowest BCUT2D eigenvalue weighted by Gasteiger charge is -2.11. The van der Waals surface area contributed by atoms with E-state index in [0.717, 1.165) is 17.7 Å². The van der Waals surface area contributed by atoms with Crippen LogP contribution in [0.15, 0.2) is 42.5 Å². The summed E-state index contributed by atoms with van der Waals surface area (Å²) in [6, 6.07) is 12.5. The average Bonchev–Trinajstić information content (AvgIpc) is 2.45. The highest BCUT2D eigenvalue weighted by Crippen LogP contribution is 2.29. The molecule has 0 aromatic heterocycles. The number of nitrogens with zero attached hydrogens (tertiary/aromatic N) is 1. The third-order valence-corrected chi connectivity index (χ3v) is 3.03. The van der Waals surface area contributed by atoms with E-state index in [2.05, 4.69) is 11.4 Å². The number of nitrogens with one attached hydrogen (secondary N) is 1. The van der Waals surface area contributed by atoms with Crippen LogP contribution in [0.3, 0.4) is 0 Å². The molecule has 2 rings (SSSR count). The molecule has 0 fully saturated rings. The first kappa shape index (κ1) is 14.9. The van der Waals surface area contributed by atoms with Crippen LogP contribution < -0.4 is 5.32 Å². The summed E-state index contributed by atoms with van der Waals surface area (Å²) in [5.41, 5.74) is 1.87. The van der Waals surface area contributed by atoms with E-state index in [9.17, 15) is 13.2 Å². The van der Waals surface area contributed by atoms with Gasteiger partial charge in [-0.05, 0) is 42.3 Å². The molecule has 0 aliphatic rings. The van der Waals surface area contributed by atoms with Crippen LogP contribution in [0.5, 0.6) is 0 Å². The molecule has 0 aliphatic heterocycles. The second-order valence-electron chi connectivity index (χ2n) is 4.71. The first-order chi connectivity index (χ1) is 9.90. The van der Waals surface area contributed by atoms with Crippen molar-refractivity contribution in [2.45, 2.75) is 19.6 Å². The van der Waals surface area contributed by atoms with Crippen molar-refractivity contribution in [3.8, 4) is 6.07 Å². The molecule has 0 spiro atoms. The number of halogens is 3. The fourth-order valence-corrected chi connectivity index (χ4v) is 1.96. The monoisotopic (exact) mass is 290 g/mol. The summed E-state index contributed by atoms with van der Waals surface area (Å²) in [6.07, 6.45) is -4.35. The zero-order valence-electron chi connectivity index (χ0n) is 11.3. The maximum atomic E-state index is 12.6. The molecule has 0 aliphatic carbocycles. The maximum absolute atomic E-state index is 12.6. The molecule has 0 radical (unpaired) electrons. The van der Waals surface area contributed by atoms with Gasteiger partial charge in [-0.2, -0.15) is 18.4 Å². The second kappa shape index (κ2) is 5.88. The van der Waals surface area contributed by atoms with Gasteiger partial charge in [-0.15, -0.1) is 0 Å². The lowest BCUT2D eigenvalue weighted by molar-refractivity contribution is -0.137. The van der Waals surface area contributed by atoms with Crippen molar-refractivity contribution < 1.29 is 13.2 Å². The van der Waals surface area contributed by atoms with Gasteiger partial charge in [-0.3, -0.25) is 0 Å². The standard InChI is InChI=1S/C16H13F3N2/c1-11-5-6-15(13(7-11)9-20)21-10-12-3-2-4-14(8-12)16(17,18)19/h2-8,21H,10H2,1H3. The molecule has 2 nitrogen and oxygen atoms in total. The fourth-order valence-electron chi connectivity index (χ4n) is 1.96. The third kappa shape index (κ3) is 3.76. The summed E-state index contributed by atoms with van der Waals surface area (Å²) in [5.74, 6) is 0. The molecular weight excluding hydrogens is 277 g/mol. The minimum atomic E-state index is -4.35. The SMILES string of the molecule is Cc1ccc(NCc2cccc(C(F)(F)F)c2)c(C#N)c1. The van der Waals surface area contributed by atoms with E-state index >= 15 is 0 Å². The molecule has 0 unspecified atom stereocenters. The first-order valence-electron chi connectivity index (χ1n) is 6.31. The van der Waals surface area contributed by atoms with Crippen molar-refractivity contribution in [3.05, 3.63) is 64.7 Å². The predicted octanol–water partition coefficient (Wildman–Crippen LogP) is 4.50. The van der Waals surface area contributed by atoms with Crippen LogP contribution in [0.4, 0.5) is 18.9 Å². The second-order valence-corrected chi connectivity index (χ2v) is 4.71. The number of nitriles is 1. The summed E-state index contributed by atoms with van der Waals surface area (Å²) in [4.78, 5) is 0. The Hall–Kier alpha value is -2.48. The number of anilines is 1. The van der Waals surface area contributed by atoms with Gasteiger partial charge in [-0.25, -0.2) is 0 Å². The molecule has 21 heavy (non-hydrogen) atoms. The number of rotatable bonds is 3. The number of hydrogen-bond donors (Lipinski definition) is 1. The van der Waals surface area contributed by atoms with Crippen molar-refractivity contribution in [1.82, 2.24) is 0 Å². The van der Waals surface area contributed by atoms with Crippen molar-refractivity contribution >= 4 is 5.69 Å². The van der Waals surface area contributed by atoms with E-state index in [0.29, 0.717) is 16.8 Å². The lowest BCUT2D eigenvalue weighted by Crippen LogP contribution is -2.07. The minimum absolute atomic E-state index is 0.224. The van der Waals surface area contributed by atoms with Gasteiger partial charge < -0.3 is 5.32 Å². The highest BCUT2D eigenvalue weighted by Gasteiger charge is 2.30. The summed E-state index contributed by atoms with van der Waals surface area (Å²) >= 11 is 0. The zero-order chi connectivity index (χ0) is 15.5. The Labute approximate surface area is 120 Å². The number of benzene rings is 2. The van der Waals surface area contributed by atoms with Gasteiger partial charge in [0.1, 0.15) is 6.07 Å². The molecule has 1 N–H and O–H groups in total. The Morgan fingerprint density at radius 1 is 1.14 bits per heavy atom. The number of hydrogen-bond acceptors (Lipinski definition) is 2. The van der Waals surface area contributed by atoms with Crippen molar-refractivity contribution in [1.29, 1.82) is 5.26 Å². The summed E-state index contributed by atoms with van der Waals surface area (Å²) < 4.78 is 37.9. The van der Waals surface area contributed by atoms with Gasteiger partial charge in [0.15, 0.2) is 0 Å². The van der Waals surface area contributed by atoms with E-state index < -0.39 is 11.7 Å². The molecule has 2 aromatic carbocycles. The average molecular weight is 290 g/mol. The Bertz CT molecular complexity index is 685. The molecule has 0 saturated carbocycles. The summed E-state index contributed by atoms with van der Waals surface area (Å²) in [6.45, 7) is 2.10. The largest absolute Gasteiger partial charge is 0.416 e. The Morgan fingerprint density at radius 3 is 2.57 bits per heavy atom. The topological polar surface area (TPSA) is 35.8 Å². The van der Waals surface area contributed by atoms with Gasteiger partial charge in [0.2, 0.25) is 0 Å². The van der Waals surface area contributed by atoms with Crippen molar-refractivity contribution in [3.63, 3.8) is 0 Å². The minimum Gasteiger partial charge on any atom is -0.380 e. The van der Waals surface area contributed by atoms with E-state index in [1.54, 1.807) is 18.2 Å². The van der Waals surface area contributed by atoms with Crippen LogP contribution in [0, 0.1) is 18.3 Å². The van der Waals surface area contributed by atoms with Crippen molar-refractivity contribution in [2.24, 2.45) is 0 Å². The van der Waals surface area contributed by atoms with E-state index in [-0.39, 0.29) is 6.54 Å². The molecule has 2 aromatic rings. The Kier molecular flexibility index (Phi) is 4.18. The number of aryl methyl sites for hydroxylation is 1. The van der Waals surface area contributed by atoms with Crippen LogP contribution in [0.25, 0.3) is 0 Å². The number of alkyl halides is 3. The smallest absolute Gasteiger partial charge is 0.380 e. The van der Waals surface area contributed by atoms with Crippen LogP contribution in [-0.2, 0) is 12.7 Å². The molecule has 0 heterocycles. The highest BCUT2D eigenvalue weighted by atomic mass is 19.4. The van der Waals surface area contributed by atoms with Gasteiger partial charge in [0, 0.05) is 6.54 Å². The summed E-state index contributed by atoms with van der Waals surface area (Å²) in [7, 11) is 0. The molecule has 0 amide bonds. The van der Waals surface area contributed by atoms with Crippen LogP contribution in [-0.4, -0.2) is 0 Å². The highest BCUT2D eigenvalue weighted by molar-refractivity contribution is 5.58. The van der Waals surface area contributed by atoms with Crippen molar-refractivity contribution in [2.75, 3.05) is 5.32 Å². The van der Waals surface area contributed by atoms with Crippen LogP contribution in [0.2, 0.25) is 0 Å². The van der Waals surface area contributed by atoms with E-state index in [1.165, 1.54) is 6.07 Å². The van der Waals surface area contributed by atoms with Gasteiger partial charge in [-0.1, -0.05) is 18.2 Å². The Morgan fingerprint density at radius 2 is 1.90 bits per heavy atom. The predicted molar refractivity (Wildman–Crippen MR) is 74.7 cm³/mol. The first-order valence-corrected chi connectivity index (χ1v) is 6.31. The molecule has 5 heteroatoms. The lowest BCUT2D eigenvalue weighted by atomic mass is 10.1. The normalized spacial score (nSPS) is 11.0. The molecule has 0 bridgehead atoms. The molecule has 0 saturated heterocycles. The third-order valence-electron chi connectivity index (χ3n) is 3.03. The Balaban J connectivity index is 2.16. The van der Waals surface area contributed by atoms with Gasteiger partial charge in [0.25, 0.3) is 0 Å². The zero-order valence-corrected chi connectivity index (χ0v) is 11.3. The molecule has 108 valence electrons. The quantitative estimate of drug-likeness (QED) is 0.903. The molecule has 0 atom stereocenters. The van der Waals surface area contributed by atoms with Gasteiger partial charge >= 0.3 is 6.18 Å². The van der Waals surface area contributed by atoms with Crippen LogP contribution >= 0.6 is 0 Å².